The van der Waals surface area contributed by atoms with E-state index < -0.39 is 6.10 Å². The molecular formula is C29H33N5O3S. The summed E-state index contributed by atoms with van der Waals surface area (Å²) in [6, 6.07) is 16.2. The number of piperazine rings is 1. The van der Waals surface area contributed by atoms with Crippen molar-refractivity contribution >= 4 is 46.0 Å². The number of H-pyrrole nitrogens is 1. The van der Waals surface area contributed by atoms with Crippen LogP contribution in [-0.2, 0) is 6.54 Å². The number of aryl methyl sites for hydroxylation is 1. The Morgan fingerprint density at radius 2 is 1.92 bits per heavy atom. The van der Waals surface area contributed by atoms with E-state index in [1.54, 1.807) is 0 Å². The zero-order chi connectivity index (χ0) is 26.5. The highest BCUT2D eigenvalue weighted by Crippen LogP contribution is 2.25. The van der Waals surface area contributed by atoms with E-state index in [9.17, 15) is 9.90 Å². The van der Waals surface area contributed by atoms with Crippen molar-refractivity contribution in [3.8, 4) is 0 Å². The number of nitrogens with zero attached hydrogens (tertiary/aromatic N) is 3. The molecule has 2 aromatic carbocycles. The van der Waals surface area contributed by atoms with E-state index in [1.807, 2.05) is 60.9 Å². The largest absolute Gasteiger partial charge is 0.394 e. The number of hydrogen-bond donors (Lipinski definition) is 4. The standard InChI is InChI=1S/C29H33N5O3S/c1-20-10-15-38-28(20)29(37)30-27-16-21(17-33-11-13-34(14-12-33)18-23(36)19-35)6-7-22(27)8-9-26-24-4-2-3-5-25(24)31-32-26/h2-10,15-16,23,35-36H,11-14,17-19H2,1H3,(H,30,37)(H,31,32)/b9-8+. The van der Waals surface area contributed by atoms with Gasteiger partial charge in [0, 0.05) is 50.3 Å². The fourth-order valence-electron chi connectivity index (χ4n) is 4.76. The van der Waals surface area contributed by atoms with E-state index in [1.165, 1.54) is 11.3 Å². The van der Waals surface area contributed by atoms with Crippen molar-refractivity contribution in [2.75, 3.05) is 44.6 Å². The van der Waals surface area contributed by atoms with Crippen molar-refractivity contribution in [1.82, 2.24) is 20.0 Å². The van der Waals surface area contributed by atoms with Crippen LogP contribution >= 0.6 is 11.3 Å². The molecule has 1 unspecified atom stereocenters. The summed E-state index contributed by atoms with van der Waals surface area (Å²) >= 11 is 1.44. The van der Waals surface area contributed by atoms with Gasteiger partial charge in [-0.15, -0.1) is 11.3 Å². The molecule has 0 saturated carbocycles. The number of fused-ring (bicyclic) bond motifs is 1. The van der Waals surface area contributed by atoms with Crippen LogP contribution < -0.4 is 5.32 Å². The topological polar surface area (TPSA) is 105 Å². The number of aliphatic hydroxyl groups is 2. The molecule has 1 aliphatic heterocycles. The predicted octanol–water partition coefficient (Wildman–Crippen LogP) is 3.83. The van der Waals surface area contributed by atoms with Crippen molar-refractivity contribution in [3.05, 3.63) is 81.2 Å². The molecule has 0 radical (unpaired) electrons. The number of anilines is 1. The van der Waals surface area contributed by atoms with Gasteiger partial charge in [-0.1, -0.05) is 36.4 Å². The zero-order valence-corrected chi connectivity index (χ0v) is 22.2. The molecule has 198 valence electrons. The molecule has 38 heavy (non-hydrogen) atoms. The van der Waals surface area contributed by atoms with Gasteiger partial charge in [-0.05, 0) is 53.3 Å². The Balaban J connectivity index is 1.35. The first-order valence-electron chi connectivity index (χ1n) is 12.8. The van der Waals surface area contributed by atoms with Gasteiger partial charge in [-0.3, -0.25) is 19.7 Å². The first kappa shape index (κ1) is 26.3. The molecule has 3 heterocycles. The van der Waals surface area contributed by atoms with Gasteiger partial charge in [0.05, 0.1) is 28.8 Å². The molecule has 1 fully saturated rings. The van der Waals surface area contributed by atoms with Gasteiger partial charge in [-0.25, -0.2) is 0 Å². The number of aromatic nitrogens is 2. The molecule has 8 nitrogen and oxygen atoms in total. The number of benzene rings is 2. The van der Waals surface area contributed by atoms with E-state index >= 15 is 0 Å². The van der Waals surface area contributed by atoms with Crippen LogP contribution in [-0.4, -0.2) is 81.6 Å². The number of hydrogen-bond acceptors (Lipinski definition) is 7. The van der Waals surface area contributed by atoms with Crippen LogP contribution in [0.15, 0.2) is 53.9 Å². The fraction of sp³-hybridized carbons (Fsp3) is 0.310. The highest BCUT2D eigenvalue weighted by Gasteiger charge is 2.20. The molecular weight excluding hydrogens is 498 g/mol. The van der Waals surface area contributed by atoms with E-state index in [0.717, 1.165) is 71.7 Å². The molecule has 0 aliphatic carbocycles. The lowest BCUT2D eigenvalue weighted by Crippen LogP contribution is -2.48. The van der Waals surface area contributed by atoms with Crippen molar-refractivity contribution in [2.24, 2.45) is 0 Å². The maximum atomic E-state index is 13.1. The van der Waals surface area contributed by atoms with Crippen LogP contribution in [0.3, 0.4) is 0 Å². The molecule has 0 bridgehead atoms. The number of para-hydroxylation sites is 1. The van der Waals surface area contributed by atoms with Crippen LogP contribution in [0.2, 0.25) is 0 Å². The lowest BCUT2D eigenvalue weighted by atomic mass is 10.1. The maximum absolute atomic E-state index is 13.1. The smallest absolute Gasteiger partial charge is 0.266 e. The third-order valence-electron chi connectivity index (χ3n) is 6.91. The summed E-state index contributed by atoms with van der Waals surface area (Å²) in [5.74, 6) is -0.106. The second-order valence-corrected chi connectivity index (χ2v) is 10.6. The number of amides is 1. The Morgan fingerprint density at radius 1 is 1.13 bits per heavy atom. The Hall–Kier alpha value is -3.34. The van der Waals surface area contributed by atoms with E-state index in [4.69, 9.17) is 5.11 Å². The zero-order valence-electron chi connectivity index (χ0n) is 21.4. The second kappa shape index (κ2) is 12.0. The van der Waals surface area contributed by atoms with Crippen molar-refractivity contribution in [3.63, 3.8) is 0 Å². The number of carbonyl (C=O) groups excluding carboxylic acids is 1. The number of nitrogens with one attached hydrogen (secondary N) is 2. The number of β-amino-alcohol motifs (C(OH)–C–C–N with tert-alkyl or cyclic N) is 1. The normalized spacial score (nSPS) is 15.9. The molecule has 5 rings (SSSR count). The molecule has 2 aromatic heterocycles. The van der Waals surface area contributed by atoms with Gasteiger partial charge < -0.3 is 15.5 Å². The van der Waals surface area contributed by atoms with Crippen LogP contribution in [0.1, 0.15) is 32.1 Å². The molecule has 1 saturated heterocycles. The van der Waals surface area contributed by atoms with Crippen molar-refractivity contribution < 1.29 is 15.0 Å². The van der Waals surface area contributed by atoms with Gasteiger partial charge in [0.1, 0.15) is 0 Å². The Bertz CT molecular complexity index is 1420. The summed E-state index contributed by atoms with van der Waals surface area (Å²) in [6.45, 7) is 6.44. The van der Waals surface area contributed by atoms with Crippen LogP contribution in [0, 0.1) is 6.92 Å². The minimum Gasteiger partial charge on any atom is -0.394 e. The van der Waals surface area contributed by atoms with Gasteiger partial charge in [0.15, 0.2) is 0 Å². The fourth-order valence-corrected chi connectivity index (χ4v) is 5.58. The summed E-state index contributed by atoms with van der Waals surface area (Å²) in [7, 11) is 0. The Morgan fingerprint density at radius 3 is 2.68 bits per heavy atom. The quantitative estimate of drug-likeness (QED) is 0.262. The number of thiophene rings is 1. The van der Waals surface area contributed by atoms with Crippen LogP contribution in [0.4, 0.5) is 5.69 Å². The Labute approximate surface area is 226 Å². The lowest BCUT2D eigenvalue weighted by molar-refractivity contribution is 0.0383. The van der Waals surface area contributed by atoms with Gasteiger partial charge in [-0.2, -0.15) is 5.10 Å². The number of aromatic amines is 1. The third kappa shape index (κ3) is 6.20. The molecule has 1 atom stereocenters. The number of aliphatic hydroxyl groups excluding tert-OH is 2. The minimum absolute atomic E-state index is 0.106. The minimum atomic E-state index is -0.695. The molecule has 1 amide bonds. The number of rotatable bonds is 9. The molecule has 1 aliphatic rings. The summed E-state index contributed by atoms with van der Waals surface area (Å²) in [4.78, 5) is 18.4. The summed E-state index contributed by atoms with van der Waals surface area (Å²) in [6.07, 6.45) is 3.27. The van der Waals surface area contributed by atoms with E-state index in [-0.39, 0.29) is 12.5 Å². The maximum Gasteiger partial charge on any atom is 0.266 e. The van der Waals surface area contributed by atoms with Gasteiger partial charge in [0.2, 0.25) is 0 Å². The monoisotopic (exact) mass is 531 g/mol. The van der Waals surface area contributed by atoms with Crippen molar-refractivity contribution in [2.45, 2.75) is 19.6 Å². The summed E-state index contributed by atoms with van der Waals surface area (Å²) in [5.41, 5.74) is 5.59. The van der Waals surface area contributed by atoms with Crippen molar-refractivity contribution in [1.29, 1.82) is 0 Å². The number of carbonyl (C=O) groups is 1. The van der Waals surface area contributed by atoms with Gasteiger partial charge in [0.25, 0.3) is 5.91 Å². The third-order valence-corrected chi connectivity index (χ3v) is 7.92. The van der Waals surface area contributed by atoms with E-state index in [0.29, 0.717) is 11.4 Å². The lowest BCUT2D eigenvalue weighted by Gasteiger charge is -2.35. The SMILES string of the molecule is Cc1ccsc1C(=O)Nc1cc(CN2CCN(CC(O)CO)CC2)ccc1/C=C/c1n[nH]c2ccccc12. The average molecular weight is 532 g/mol. The van der Waals surface area contributed by atoms with Crippen LogP contribution in [0.25, 0.3) is 23.1 Å². The van der Waals surface area contributed by atoms with Crippen LogP contribution in [0.5, 0.6) is 0 Å². The average Bonchev–Trinajstić information content (AvgIpc) is 3.55. The summed E-state index contributed by atoms with van der Waals surface area (Å²) in [5, 5.41) is 32.5. The van der Waals surface area contributed by atoms with Gasteiger partial charge >= 0.3 is 0 Å². The second-order valence-electron chi connectivity index (χ2n) is 9.71. The molecule has 0 spiro atoms. The highest BCUT2D eigenvalue weighted by molar-refractivity contribution is 7.12. The molecule has 4 N–H and O–H groups in total. The first-order chi connectivity index (χ1) is 18.5. The molecule has 9 heteroatoms. The summed E-state index contributed by atoms with van der Waals surface area (Å²) < 4.78 is 0. The Kier molecular flexibility index (Phi) is 8.31. The predicted molar refractivity (Wildman–Crippen MR) is 153 cm³/mol. The first-order valence-corrected chi connectivity index (χ1v) is 13.7. The molecule has 4 aromatic rings. The van der Waals surface area contributed by atoms with E-state index in [2.05, 4.69) is 37.4 Å². The highest BCUT2D eigenvalue weighted by atomic mass is 32.1.